The third-order valence-electron chi connectivity index (χ3n) is 2.59. The maximum Gasteiger partial charge on any atom is 0.144 e. The second-order valence-corrected chi connectivity index (χ2v) is 3.82. The number of rotatable bonds is 3. The second kappa shape index (κ2) is 4.55. The minimum Gasteiger partial charge on any atom is -0.392 e. The lowest BCUT2D eigenvalue weighted by Crippen LogP contribution is -2.22. The summed E-state index contributed by atoms with van der Waals surface area (Å²) in [4.78, 5) is 10.7. The van der Waals surface area contributed by atoms with Crippen molar-refractivity contribution in [2.75, 3.05) is 25.5 Å². The molecule has 0 spiro atoms. The van der Waals surface area contributed by atoms with Crippen LogP contribution < -0.4 is 5.32 Å². The smallest absolute Gasteiger partial charge is 0.144 e. The number of hydrogen-bond donors (Lipinski definition) is 2. The van der Waals surface area contributed by atoms with Gasteiger partial charge in [0.15, 0.2) is 0 Å². The molecular weight excluding hydrogens is 192 g/mol. The van der Waals surface area contributed by atoms with Gasteiger partial charge in [0.05, 0.1) is 24.2 Å². The molecule has 0 aliphatic carbocycles. The molecule has 1 aromatic heterocycles. The van der Waals surface area contributed by atoms with Crippen LogP contribution in [0.25, 0.3) is 0 Å². The molecule has 1 aliphatic rings. The third-order valence-corrected chi connectivity index (χ3v) is 2.59. The van der Waals surface area contributed by atoms with Gasteiger partial charge in [0, 0.05) is 26.7 Å². The SMILES string of the molecule is CNc1cnc(CN2CCC(O)C2)cn1. The first-order valence-corrected chi connectivity index (χ1v) is 5.17. The molecule has 1 aromatic rings. The van der Waals surface area contributed by atoms with Crippen molar-refractivity contribution >= 4 is 5.82 Å². The predicted octanol–water partition coefficient (Wildman–Crippen LogP) is 0.0849. The lowest BCUT2D eigenvalue weighted by atomic mass is 10.3. The molecule has 0 saturated carbocycles. The molecule has 15 heavy (non-hydrogen) atoms. The van der Waals surface area contributed by atoms with Crippen molar-refractivity contribution in [3.63, 3.8) is 0 Å². The van der Waals surface area contributed by atoms with Gasteiger partial charge in [-0.2, -0.15) is 0 Å². The van der Waals surface area contributed by atoms with Crippen LogP contribution in [0.4, 0.5) is 5.82 Å². The Balaban J connectivity index is 1.93. The third kappa shape index (κ3) is 2.64. The fourth-order valence-electron chi connectivity index (χ4n) is 1.75. The maximum atomic E-state index is 9.37. The van der Waals surface area contributed by atoms with Gasteiger partial charge in [-0.3, -0.25) is 9.88 Å². The number of aromatic nitrogens is 2. The fourth-order valence-corrected chi connectivity index (χ4v) is 1.75. The molecule has 0 aromatic carbocycles. The van der Waals surface area contributed by atoms with E-state index in [1.54, 1.807) is 12.4 Å². The van der Waals surface area contributed by atoms with E-state index >= 15 is 0 Å². The summed E-state index contributed by atoms with van der Waals surface area (Å²) in [6, 6.07) is 0. The molecule has 1 saturated heterocycles. The number of anilines is 1. The first-order valence-electron chi connectivity index (χ1n) is 5.17. The van der Waals surface area contributed by atoms with Gasteiger partial charge in [0.25, 0.3) is 0 Å². The fraction of sp³-hybridized carbons (Fsp3) is 0.600. The quantitative estimate of drug-likeness (QED) is 0.737. The van der Waals surface area contributed by atoms with Gasteiger partial charge in [-0.25, -0.2) is 4.98 Å². The van der Waals surface area contributed by atoms with Crippen molar-refractivity contribution in [1.29, 1.82) is 0 Å². The number of β-amino-alcohol motifs (C(OH)–C–C–N with tert-alkyl or cyclic N) is 1. The number of aliphatic hydroxyl groups is 1. The standard InChI is InChI=1S/C10H16N4O/c1-11-10-5-12-8(4-13-10)6-14-3-2-9(15)7-14/h4-5,9,15H,2-3,6-7H2,1H3,(H,11,13). The largest absolute Gasteiger partial charge is 0.392 e. The van der Waals surface area contributed by atoms with Crippen LogP contribution in [0.1, 0.15) is 12.1 Å². The molecule has 0 amide bonds. The first kappa shape index (κ1) is 10.3. The van der Waals surface area contributed by atoms with Crippen LogP contribution in [-0.4, -0.2) is 46.2 Å². The van der Waals surface area contributed by atoms with Crippen molar-refractivity contribution in [2.45, 2.75) is 19.1 Å². The minimum absolute atomic E-state index is 0.172. The molecule has 0 radical (unpaired) electrons. The lowest BCUT2D eigenvalue weighted by Gasteiger charge is -2.13. The molecule has 2 N–H and O–H groups in total. The summed E-state index contributed by atoms with van der Waals surface area (Å²) < 4.78 is 0. The van der Waals surface area contributed by atoms with Crippen LogP contribution in [0, 0.1) is 0 Å². The summed E-state index contributed by atoms with van der Waals surface area (Å²) in [5, 5.41) is 12.3. The zero-order chi connectivity index (χ0) is 10.7. The van der Waals surface area contributed by atoms with Crippen molar-refractivity contribution in [3.8, 4) is 0 Å². The van der Waals surface area contributed by atoms with Gasteiger partial charge in [0.2, 0.25) is 0 Å². The molecule has 0 bridgehead atoms. The number of aliphatic hydroxyl groups excluding tert-OH is 1. The van der Waals surface area contributed by atoms with Crippen molar-refractivity contribution in [1.82, 2.24) is 14.9 Å². The van der Waals surface area contributed by atoms with Crippen LogP contribution in [0.5, 0.6) is 0 Å². The average molecular weight is 208 g/mol. The van der Waals surface area contributed by atoms with E-state index < -0.39 is 0 Å². The van der Waals surface area contributed by atoms with Crippen molar-refractivity contribution < 1.29 is 5.11 Å². The zero-order valence-electron chi connectivity index (χ0n) is 8.85. The topological polar surface area (TPSA) is 61.3 Å². The van der Waals surface area contributed by atoms with E-state index in [4.69, 9.17) is 0 Å². The Morgan fingerprint density at radius 2 is 2.40 bits per heavy atom. The Bertz CT molecular complexity index is 314. The first-order chi connectivity index (χ1) is 7.28. The summed E-state index contributed by atoms with van der Waals surface area (Å²) in [6.07, 6.45) is 4.19. The average Bonchev–Trinajstić information content (AvgIpc) is 2.65. The summed E-state index contributed by atoms with van der Waals surface area (Å²) >= 11 is 0. The van der Waals surface area contributed by atoms with Gasteiger partial charge >= 0.3 is 0 Å². The molecule has 82 valence electrons. The molecule has 2 heterocycles. The highest BCUT2D eigenvalue weighted by molar-refractivity contribution is 5.29. The second-order valence-electron chi connectivity index (χ2n) is 3.82. The summed E-state index contributed by atoms with van der Waals surface area (Å²) in [5.74, 6) is 0.778. The summed E-state index contributed by atoms with van der Waals surface area (Å²) in [6.45, 7) is 2.46. The van der Waals surface area contributed by atoms with Crippen LogP contribution in [0.15, 0.2) is 12.4 Å². The van der Waals surface area contributed by atoms with E-state index in [9.17, 15) is 5.11 Å². The van der Waals surface area contributed by atoms with E-state index in [1.165, 1.54) is 0 Å². The number of nitrogens with zero attached hydrogens (tertiary/aromatic N) is 3. The predicted molar refractivity (Wildman–Crippen MR) is 57.5 cm³/mol. The van der Waals surface area contributed by atoms with Gasteiger partial charge in [-0.15, -0.1) is 0 Å². The summed E-state index contributed by atoms with van der Waals surface area (Å²) in [5.41, 5.74) is 0.947. The maximum absolute atomic E-state index is 9.37. The molecule has 1 unspecified atom stereocenters. The molecule has 1 aliphatic heterocycles. The molecule has 1 fully saturated rings. The van der Waals surface area contributed by atoms with E-state index in [1.807, 2.05) is 7.05 Å². The molecule has 5 nitrogen and oxygen atoms in total. The van der Waals surface area contributed by atoms with Gasteiger partial charge in [0.1, 0.15) is 5.82 Å². The number of likely N-dealkylation sites (tertiary alicyclic amines) is 1. The highest BCUT2D eigenvalue weighted by Gasteiger charge is 2.20. The Kier molecular flexibility index (Phi) is 3.13. The van der Waals surface area contributed by atoms with Crippen molar-refractivity contribution in [3.05, 3.63) is 18.1 Å². The van der Waals surface area contributed by atoms with Gasteiger partial charge in [-0.1, -0.05) is 0 Å². The molecular formula is C10H16N4O. The Labute approximate surface area is 89.2 Å². The highest BCUT2D eigenvalue weighted by atomic mass is 16.3. The van der Waals surface area contributed by atoms with Gasteiger partial charge in [-0.05, 0) is 6.42 Å². The Morgan fingerprint density at radius 1 is 1.53 bits per heavy atom. The highest BCUT2D eigenvalue weighted by Crippen LogP contribution is 2.11. The van der Waals surface area contributed by atoms with E-state index in [0.29, 0.717) is 0 Å². The molecule has 2 rings (SSSR count). The normalized spacial score (nSPS) is 21.9. The number of nitrogens with one attached hydrogen (secondary N) is 1. The molecule has 1 atom stereocenters. The monoisotopic (exact) mass is 208 g/mol. The van der Waals surface area contributed by atoms with Gasteiger partial charge < -0.3 is 10.4 Å². The minimum atomic E-state index is -0.172. The number of hydrogen-bond acceptors (Lipinski definition) is 5. The summed E-state index contributed by atoms with van der Waals surface area (Å²) in [7, 11) is 1.82. The van der Waals surface area contributed by atoms with Crippen LogP contribution in [-0.2, 0) is 6.54 Å². The molecule has 5 heteroatoms. The van der Waals surface area contributed by atoms with Crippen molar-refractivity contribution in [2.24, 2.45) is 0 Å². The zero-order valence-corrected chi connectivity index (χ0v) is 8.85. The van der Waals surface area contributed by atoms with Crippen LogP contribution >= 0.6 is 0 Å². The van der Waals surface area contributed by atoms with Crippen LogP contribution in [0.3, 0.4) is 0 Å². The van der Waals surface area contributed by atoms with Crippen LogP contribution in [0.2, 0.25) is 0 Å². The van der Waals surface area contributed by atoms with E-state index in [2.05, 4.69) is 20.2 Å². The Hall–Kier alpha value is -1.20. The van der Waals surface area contributed by atoms with E-state index in [0.717, 1.165) is 37.6 Å². The van der Waals surface area contributed by atoms with E-state index in [-0.39, 0.29) is 6.10 Å². The lowest BCUT2D eigenvalue weighted by molar-refractivity contribution is 0.174. The Morgan fingerprint density at radius 3 is 2.93 bits per heavy atom.